The molecule has 2 aliphatic rings. The third-order valence-corrected chi connectivity index (χ3v) is 5.41. The summed E-state index contributed by atoms with van der Waals surface area (Å²) >= 11 is 6.10. The van der Waals surface area contributed by atoms with Crippen molar-refractivity contribution in [3.05, 3.63) is 64.2 Å². The van der Waals surface area contributed by atoms with Gasteiger partial charge in [-0.2, -0.15) is 13.2 Å². The molecule has 2 aromatic carbocycles. The Morgan fingerprint density at radius 2 is 1.82 bits per heavy atom. The topological polar surface area (TPSA) is 32.3 Å². The molecule has 28 heavy (non-hydrogen) atoms. The number of hydrogen-bond donors (Lipinski definition) is 1. The second-order valence-electron chi connectivity index (χ2n) is 6.99. The van der Waals surface area contributed by atoms with E-state index in [2.05, 4.69) is 5.32 Å². The van der Waals surface area contributed by atoms with E-state index in [1.807, 2.05) is 0 Å². The summed E-state index contributed by atoms with van der Waals surface area (Å²) in [5.74, 6) is -2.70. The van der Waals surface area contributed by atoms with Crippen LogP contribution in [0.4, 0.5) is 32.4 Å². The Balaban J connectivity index is 2.03. The number of amides is 2. The van der Waals surface area contributed by atoms with E-state index >= 15 is 0 Å². The number of benzene rings is 2. The second kappa shape index (κ2) is 6.34. The fourth-order valence-corrected chi connectivity index (χ4v) is 4.20. The van der Waals surface area contributed by atoms with Gasteiger partial charge in [-0.25, -0.2) is 13.6 Å². The molecule has 1 N–H and O–H groups in total. The Labute approximate surface area is 162 Å². The number of nitrogens with zero attached hydrogens (tertiary/aromatic N) is 1. The summed E-state index contributed by atoms with van der Waals surface area (Å²) in [6.07, 6.45) is -3.62. The number of anilines is 1. The van der Waals surface area contributed by atoms with Crippen LogP contribution in [0.25, 0.3) is 0 Å². The molecule has 0 aromatic heterocycles. The highest BCUT2D eigenvalue weighted by atomic mass is 35.5. The van der Waals surface area contributed by atoms with E-state index in [0.717, 1.165) is 12.1 Å². The van der Waals surface area contributed by atoms with Crippen LogP contribution in [0, 0.1) is 17.6 Å². The van der Waals surface area contributed by atoms with Gasteiger partial charge in [0.1, 0.15) is 12.1 Å². The first kappa shape index (κ1) is 19.0. The van der Waals surface area contributed by atoms with Crippen molar-refractivity contribution in [2.45, 2.75) is 24.6 Å². The molecule has 1 heterocycles. The molecule has 0 radical (unpaired) electrons. The summed E-state index contributed by atoms with van der Waals surface area (Å²) in [4.78, 5) is 13.4. The molecule has 1 fully saturated rings. The Bertz CT molecular complexity index is 960. The van der Waals surface area contributed by atoms with Gasteiger partial charge in [0.25, 0.3) is 0 Å². The molecule has 9 heteroatoms. The lowest BCUT2D eigenvalue weighted by atomic mass is 9.75. The monoisotopic (exact) mass is 416 g/mol. The SMILES string of the molecule is O=C1Nc2ccc(Cl)cc2C(c2ccc(F)c(F)c2)(C2CC2)N1CC(F)(F)F. The maximum atomic E-state index is 14.1. The summed E-state index contributed by atoms with van der Waals surface area (Å²) in [6, 6.07) is 6.46. The van der Waals surface area contributed by atoms with Crippen LogP contribution in [0.1, 0.15) is 24.0 Å². The van der Waals surface area contributed by atoms with E-state index in [0.29, 0.717) is 29.0 Å². The number of halogens is 6. The molecule has 1 atom stereocenters. The van der Waals surface area contributed by atoms with Crippen LogP contribution in [0.5, 0.6) is 0 Å². The van der Waals surface area contributed by atoms with E-state index in [-0.39, 0.29) is 16.5 Å². The lowest BCUT2D eigenvalue weighted by Gasteiger charge is -2.49. The van der Waals surface area contributed by atoms with Gasteiger partial charge in [-0.05, 0) is 54.7 Å². The Hall–Kier alpha value is -2.35. The van der Waals surface area contributed by atoms with Crippen molar-refractivity contribution < 1.29 is 26.7 Å². The molecular formula is C19H14ClF5N2O. The van der Waals surface area contributed by atoms with Gasteiger partial charge in [-0.1, -0.05) is 17.7 Å². The van der Waals surface area contributed by atoms with E-state index in [1.165, 1.54) is 24.3 Å². The average molecular weight is 417 g/mol. The summed E-state index contributed by atoms with van der Waals surface area (Å²) in [5.41, 5.74) is -0.898. The third kappa shape index (κ3) is 2.99. The number of nitrogens with one attached hydrogen (secondary N) is 1. The zero-order valence-electron chi connectivity index (χ0n) is 14.3. The molecule has 4 rings (SSSR count). The van der Waals surface area contributed by atoms with Gasteiger partial charge in [0.05, 0.1) is 0 Å². The van der Waals surface area contributed by atoms with Crippen molar-refractivity contribution in [2.75, 3.05) is 11.9 Å². The quantitative estimate of drug-likeness (QED) is 0.641. The predicted octanol–water partition coefficient (Wildman–Crippen LogP) is 5.68. The fourth-order valence-electron chi connectivity index (χ4n) is 4.03. The average Bonchev–Trinajstić information content (AvgIpc) is 3.43. The normalized spacial score (nSPS) is 22.1. The van der Waals surface area contributed by atoms with Gasteiger partial charge in [0, 0.05) is 16.3 Å². The molecule has 2 amide bonds. The number of rotatable bonds is 3. The first-order valence-corrected chi connectivity index (χ1v) is 8.91. The zero-order valence-corrected chi connectivity index (χ0v) is 15.0. The maximum Gasteiger partial charge on any atom is 0.406 e. The number of carbonyl (C=O) groups is 1. The summed E-state index contributed by atoms with van der Waals surface area (Å²) in [7, 11) is 0. The third-order valence-electron chi connectivity index (χ3n) is 5.17. The van der Waals surface area contributed by atoms with Crippen molar-refractivity contribution in [1.29, 1.82) is 0 Å². The molecule has 1 saturated carbocycles. The van der Waals surface area contributed by atoms with Crippen molar-refractivity contribution in [3.8, 4) is 0 Å². The number of fused-ring (bicyclic) bond motifs is 1. The van der Waals surface area contributed by atoms with Crippen LogP contribution in [0.3, 0.4) is 0 Å². The summed E-state index contributed by atoms with van der Waals surface area (Å²) < 4.78 is 67.7. The lowest BCUT2D eigenvalue weighted by molar-refractivity contribution is -0.149. The van der Waals surface area contributed by atoms with E-state index in [1.54, 1.807) is 0 Å². The molecule has 1 unspecified atom stereocenters. The van der Waals surface area contributed by atoms with Crippen LogP contribution in [-0.2, 0) is 5.54 Å². The Morgan fingerprint density at radius 1 is 1.11 bits per heavy atom. The van der Waals surface area contributed by atoms with Gasteiger partial charge in [0.2, 0.25) is 0 Å². The minimum absolute atomic E-state index is 0.0801. The summed E-state index contributed by atoms with van der Waals surface area (Å²) in [5, 5.41) is 2.71. The van der Waals surface area contributed by atoms with Gasteiger partial charge in [0.15, 0.2) is 11.6 Å². The Morgan fingerprint density at radius 3 is 2.43 bits per heavy atom. The zero-order chi connectivity index (χ0) is 20.3. The minimum Gasteiger partial charge on any atom is -0.307 e. The maximum absolute atomic E-state index is 14.1. The first-order valence-electron chi connectivity index (χ1n) is 8.54. The van der Waals surface area contributed by atoms with E-state index < -0.39 is 35.9 Å². The largest absolute Gasteiger partial charge is 0.406 e. The van der Waals surface area contributed by atoms with Crippen LogP contribution in [0.2, 0.25) is 5.02 Å². The standard InChI is InChI=1S/C19H14ClF5N2O/c20-12-4-6-16-13(8-12)19(10-1-2-10,11-3-5-14(21)15(22)7-11)27(17(28)26-16)9-18(23,24)25/h3-8,10H,1-2,9H2,(H,26,28). The van der Waals surface area contributed by atoms with Crippen LogP contribution < -0.4 is 5.32 Å². The first-order chi connectivity index (χ1) is 13.1. The molecule has 2 aromatic rings. The highest BCUT2D eigenvalue weighted by Gasteiger charge is 2.58. The molecular weight excluding hydrogens is 403 g/mol. The summed E-state index contributed by atoms with van der Waals surface area (Å²) in [6.45, 7) is -1.54. The molecule has 0 bridgehead atoms. The van der Waals surface area contributed by atoms with Crippen LogP contribution in [0.15, 0.2) is 36.4 Å². The molecule has 0 spiro atoms. The molecule has 3 nitrogen and oxygen atoms in total. The van der Waals surface area contributed by atoms with Crippen molar-refractivity contribution in [1.82, 2.24) is 4.90 Å². The predicted molar refractivity (Wildman–Crippen MR) is 93.1 cm³/mol. The molecule has 1 aliphatic carbocycles. The Kier molecular flexibility index (Phi) is 4.30. The number of urea groups is 1. The van der Waals surface area contributed by atoms with Crippen molar-refractivity contribution >= 4 is 23.3 Å². The molecule has 148 valence electrons. The van der Waals surface area contributed by atoms with Gasteiger partial charge >= 0.3 is 12.2 Å². The lowest BCUT2D eigenvalue weighted by Crippen LogP contribution is -2.59. The van der Waals surface area contributed by atoms with Crippen LogP contribution >= 0.6 is 11.6 Å². The van der Waals surface area contributed by atoms with E-state index in [9.17, 15) is 26.7 Å². The minimum atomic E-state index is -4.69. The second-order valence-corrected chi connectivity index (χ2v) is 7.43. The van der Waals surface area contributed by atoms with Gasteiger partial charge in [-0.15, -0.1) is 0 Å². The van der Waals surface area contributed by atoms with Gasteiger partial charge < -0.3 is 10.2 Å². The highest BCUT2D eigenvalue weighted by Crippen LogP contribution is 2.57. The molecule has 0 saturated heterocycles. The van der Waals surface area contributed by atoms with E-state index in [4.69, 9.17) is 11.6 Å². The smallest absolute Gasteiger partial charge is 0.307 e. The number of alkyl halides is 3. The molecule has 1 aliphatic heterocycles. The van der Waals surface area contributed by atoms with Gasteiger partial charge in [-0.3, -0.25) is 0 Å². The van der Waals surface area contributed by atoms with Crippen LogP contribution in [-0.4, -0.2) is 23.7 Å². The van der Waals surface area contributed by atoms with Crippen molar-refractivity contribution in [2.24, 2.45) is 5.92 Å². The highest BCUT2D eigenvalue weighted by molar-refractivity contribution is 6.30. The number of carbonyl (C=O) groups excluding carboxylic acids is 1. The fraction of sp³-hybridized carbons (Fsp3) is 0.316. The van der Waals surface area contributed by atoms with Crippen molar-refractivity contribution in [3.63, 3.8) is 0 Å². The number of hydrogen-bond acceptors (Lipinski definition) is 1.